The predicted molar refractivity (Wildman–Crippen MR) is 57.5 cm³/mol. The summed E-state index contributed by atoms with van der Waals surface area (Å²) in [5.74, 6) is 0. The second kappa shape index (κ2) is 4.08. The molecule has 1 aromatic carbocycles. The summed E-state index contributed by atoms with van der Waals surface area (Å²) in [6.45, 7) is 0. The van der Waals surface area contributed by atoms with Gasteiger partial charge in [-0.1, -0.05) is 30.3 Å². The van der Waals surface area contributed by atoms with Gasteiger partial charge >= 0.3 is 6.18 Å². The smallest absolute Gasteiger partial charge is 0.366 e. The lowest BCUT2D eigenvalue weighted by atomic mass is 10.1. The molecule has 1 N–H and O–H groups in total. The topological polar surface area (TPSA) is 32.9 Å². The van der Waals surface area contributed by atoms with Gasteiger partial charge in [-0.05, 0) is 5.56 Å². The molecule has 2 aromatic rings. The summed E-state index contributed by atoms with van der Waals surface area (Å²) >= 11 is 0. The molecule has 0 bridgehead atoms. The van der Waals surface area contributed by atoms with Crippen molar-refractivity contribution >= 4 is 0 Å². The summed E-state index contributed by atoms with van der Waals surface area (Å²) in [4.78, 5) is 14.0. The molecule has 0 aliphatic carbocycles. The van der Waals surface area contributed by atoms with Crippen LogP contribution in [0.1, 0.15) is 5.56 Å². The molecule has 0 spiro atoms. The number of hydrogen-bond donors (Lipinski definition) is 1. The molecule has 0 aliphatic rings. The van der Waals surface area contributed by atoms with Gasteiger partial charge in [0, 0.05) is 18.0 Å². The Morgan fingerprint density at radius 3 is 2.24 bits per heavy atom. The molecule has 0 saturated carbocycles. The average Bonchev–Trinajstić information content (AvgIpc) is 2.29. The Balaban J connectivity index is 2.63. The fourth-order valence-corrected chi connectivity index (χ4v) is 1.53. The van der Waals surface area contributed by atoms with Gasteiger partial charge in [-0.15, -0.1) is 0 Å². The standard InChI is InChI=1S/C12H8F3NO/c13-12(14,15)10-7-16-6-9(11(10)17)8-4-2-1-3-5-8/h1-7H,(H,16,17). The molecule has 17 heavy (non-hydrogen) atoms. The highest BCUT2D eigenvalue weighted by Crippen LogP contribution is 2.27. The number of rotatable bonds is 1. The number of nitrogens with one attached hydrogen (secondary N) is 1. The first-order chi connectivity index (χ1) is 8.00. The first kappa shape index (κ1) is 11.4. The van der Waals surface area contributed by atoms with E-state index in [1.54, 1.807) is 30.3 Å². The first-order valence-electron chi connectivity index (χ1n) is 4.84. The highest BCUT2D eigenvalue weighted by Gasteiger charge is 2.34. The first-order valence-corrected chi connectivity index (χ1v) is 4.84. The molecule has 0 saturated heterocycles. The number of aromatic nitrogens is 1. The van der Waals surface area contributed by atoms with Gasteiger partial charge < -0.3 is 4.98 Å². The molecule has 1 heterocycles. The maximum Gasteiger partial charge on any atom is 0.421 e. The summed E-state index contributed by atoms with van der Waals surface area (Å²) in [5.41, 5.74) is -1.72. The lowest BCUT2D eigenvalue weighted by Gasteiger charge is -2.07. The van der Waals surface area contributed by atoms with Crippen LogP contribution >= 0.6 is 0 Å². The number of halogens is 3. The molecule has 5 heteroatoms. The van der Waals surface area contributed by atoms with E-state index in [2.05, 4.69) is 4.98 Å². The maximum atomic E-state index is 12.5. The Kier molecular flexibility index (Phi) is 2.75. The second-order valence-corrected chi connectivity index (χ2v) is 3.48. The third-order valence-electron chi connectivity index (χ3n) is 2.33. The van der Waals surface area contributed by atoms with E-state index < -0.39 is 17.2 Å². The molecule has 1 aromatic heterocycles. The number of aromatic amines is 1. The number of alkyl halides is 3. The van der Waals surface area contributed by atoms with Gasteiger partial charge in [-0.3, -0.25) is 4.79 Å². The van der Waals surface area contributed by atoms with Crippen LogP contribution in [0.4, 0.5) is 13.2 Å². The van der Waals surface area contributed by atoms with Crippen molar-refractivity contribution in [3.05, 3.63) is 58.5 Å². The van der Waals surface area contributed by atoms with E-state index in [-0.39, 0.29) is 5.56 Å². The van der Waals surface area contributed by atoms with Crippen LogP contribution in [-0.4, -0.2) is 4.98 Å². The van der Waals surface area contributed by atoms with Crippen molar-refractivity contribution < 1.29 is 13.2 Å². The van der Waals surface area contributed by atoms with Crippen molar-refractivity contribution in [3.63, 3.8) is 0 Å². The van der Waals surface area contributed by atoms with Gasteiger partial charge in [0.2, 0.25) is 5.43 Å². The third kappa shape index (κ3) is 2.22. The molecule has 0 aliphatic heterocycles. The van der Waals surface area contributed by atoms with Crippen molar-refractivity contribution in [2.24, 2.45) is 0 Å². The van der Waals surface area contributed by atoms with Gasteiger partial charge in [0.1, 0.15) is 5.56 Å². The Hall–Kier alpha value is -2.04. The molecule has 0 amide bonds. The van der Waals surface area contributed by atoms with Gasteiger partial charge in [-0.2, -0.15) is 13.2 Å². The van der Waals surface area contributed by atoms with Crippen LogP contribution in [0.2, 0.25) is 0 Å². The van der Waals surface area contributed by atoms with Crippen LogP contribution in [-0.2, 0) is 6.18 Å². The molecule has 2 rings (SSSR count). The summed E-state index contributed by atoms with van der Waals surface area (Å²) in [7, 11) is 0. The molecule has 0 unspecified atom stereocenters. The monoisotopic (exact) mass is 239 g/mol. The van der Waals surface area contributed by atoms with Crippen LogP contribution in [0.5, 0.6) is 0 Å². The van der Waals surface area contributed by atoms with E-state index in [9.17, 15) is 18.0 Å². The molecule has 2 nitrogen and oxygen atoms in total. The fraction of sp³-hybridized carbons (Fsp3) is 0.0833. The van der Waals surface area contributed by atoms with E-state index in [0.717, 1.165) is 0 Å². The second-order valence-electron chi connectivity index (χ2n) is 3.48. The van der Waals surface area contributed by atoms with E-state index >= 15 is 0 Å². The lowest BCUT2D eigenvalue weighted by molar-refractivity contribution is -0.138. The Labute approximate surface area is 94.7 Å². The van der Waals surface area contributed by atoms with Crippen molar-refractivity contribution in [2.45, 2.75) is 6.18 Å². The van der Waals surface area contributed by atoms with Crippen molar-refractivity contribution in [2.75, 3.05) is 0 Å². The minimum atomic E-state index is -4.64. The maximum absolute atomic E-state index is 12.5. The zero-order valence-corrected chi connectivity index (χ0v) is 8.58. The van der Waals surface area contributed by atoms with Gasteiger partial charge in [0.05, 0.1) is 0 Å². The van der Waals surface area contributed by atoms with Gasteiger partial charge in [0.25, 0.3) is 0 Å². The molecule has 88 valence electrons. The fourth-order valence-electron chi connectivity index (χ4n) is 1.53. The SMILES string of the molecule is O=c1c(-c2ccccc2)c[nH]cc1C(F)(F)F. The van der Waals surface area contributed by atoms with Crippen LogP contribution in [0.15, 0.2) is 47.5 Å². The Bertz CT molecular complexity index is 572. The zero-order valence-electron chi connectivity index (χ0n) is 8.58. The summed E-state index contributed by atoms with van der Waals surface area (Å²) in [6, 6.07) is 8.23. The minimum Gasteiger partial charge on any atom is -0.366 e. The van der Waals surface area contributed by atoms with Crippen LogP contribution in [0.25, 0.3) is 11.1 Å². The predicted octanol–water partition coefficient (Wildman–Crippen LogP) is 3.06. The molecule has 0 atom stereocenters. The van der Waals surface area contributed by atoms with E-state index in [1.807, 2.05) is 0 Å². The highest BCUT2D eigenvalue weighted by molar-refractivity contribution is 5.62. The highest BCUT2D eigenvalue weighted by atomic mass is 19.4. The summed E-state index contributed by atoms with van der Waals surface area (Å²) in [6.07, 6.45) is -2.69. The molecular weight excluding hydrogens is 231 g/mol. The summed E-state index contributed by atoms with van der Waals surface area (Å²) in [5, 5.41) is 0. The van der Waals surface area contributed by atoms with E-state index in [0.29, 0.717) is 11.8 Å². The van der Waals surface area contributed by atoms with Gasteiger partial charge in [-0.25, -0.2) is 0 Å². The Morgan fingerprint density at radius 2 is 1.65 bits per heavy atom. The molecule has 0 fully saturated rings. The molecule has 0 radical (unpaired) electrons. The van der Waals surface area contributed by atoms with E-state index in [1.165, 1.54) is 6.20 Å². The van der Waals surface area contributed by atoms with Crippen LogP contribution in [0.3, 0.4) is 0 Å². The number of H-pyrrole nitrogens is 1. The number of benzene rings is 1. The summed E-state index contributed by atoms with van der Waals surface area (Å²) < 4.78 is 37.6. The minimum absolute atomic E-state index is 0.0143. The average molecular weight is 239 g/mol. The zero-order chi connectivity index (χ0) is 12.5. The number of hydrogen-bond acceptors (Lipinski definition) is 1. The van der Waals surface area contributed by atoms with Crippen LogP contribution in [0, 0.1) is 0 Å². The Morgan fingerprint density at radius 1 is 1.00 bits per heavy atom. The van der Waals surface area contributed by atoms with E-state index in [4.69, 9.17) is 0 Å². The van der Waals surface area contributed by atoms with Crippen molar-refractivity contribution in [1.82, 2.24) is 4.98 Å². The van der Waals surface area contributed by atoms with Crippen molar-refractivity contribution in [3.8, 4) is 11.1 Å². The lowest BCUT2D eigenvalue weighted by Crippen LogP contribution is -2.20. The van der Waals surface area contributed by atoms with Gasteiger partial charge in [0.15, 0.2) is 0 Å². The molecular formula is C12H8F3NO. The largest absolute Gasteiger partial charge is 0.421 e. The quantitative estimate of drug-likeness (QED) is 0.815. The number of pyridine rings is 1. The third-order valence-corrected chi connectivity index (χ3v) is 2.33. The van der Waals surface area contributed by atoms with Crippen LogP contribution < -0.4 is 5.43 Å². The normalized spacial score (nSPS) is 11.5. The van der Waals surface area contributed by atoms with Crippen molar-refractivity contribution in [1.29, 1.82) is 0 Å².